The van der Waals surface area contributed by atoms with Gasteiger partial charge >= 0.3 is 0 Å². The third-order valence-electron chi connectivity index (χ3n) is 2.17. The molecular formula is C12H7BrClF2NO. The third kappa shape index (κ3) is 2.57. The number of nitrogen functional groups attached to an aromatic ring is 1. The molecule has 0 radical (unpaired) electrons. The second-order valence-electron chi connectivity index (χ2n) is 3.46. The maximum atomic E-state index is 13.5. The van der Waals surface area contributed by atoms with E-state index in [-0.39, 0.29) is 22.2 Å². The Morgan fingerprint density at radius 1 is 1.22 bits per heavy atom. The maximum Gasteiger partial charge on any atom is 0.201 e. The Kier molecular flexibility index (Phi) is 3.73. The van der Waals surface area contributed by atoms with Crippen molar-refractivity contribution in [2.75, 3.05) is 5.73 Å². The summed E-state index contributed by atoms with van der Waals surface area (Å²) in [5.74, 6) is -2.32. The van der Waals surface area contributed by atoms with Crippen LogP contribution in [0.3, 0.4) is 0 Å². The van der Waals surface area contributed by atoms with Crippen LogP contribution in [0, 0.1) is 11.6 Å². The summed E-state index contributed by atoms with van der Waals surface area (Å²) in [6.07, 6.45) is 0. The molecule has 2 aromatic rings. The molecule has 0 heterocycles. The van der Waals surface area contributed by atoms with Gasteiger partial charge in [-0.2, -0.15) is 4.39 Å². The summed E-state index contributed by atoms with van der Waals surface area (Å²) in [6.45, 7) is 0. The maximum absolute atomic E-state index is 13.5. The van der Waals surface area contributed by atoms with E-state index < -0.39 is 11.6 Å². The fourth-order valence-corrected chi connectivity index (χ4v) is 1.98. The van der Waals surface area contributed by atoms with Gasteiger partial charge in [-0.15, -0.1) is 0 Å². The normalized spacial score (nSPS) is 10.4. The van der Waals surface area contributed by atoms with Gasteiger partial charge < -0.3 is 10.5 Å². The van der Waals surface area contributed by atoms with Crippen LogP contribution in [-0.4, -0.2) is 0 Å². The molecule has 0 aromatic heterocycles. The summed E-state index contributed by atoms with van der Waals surface area (Å²) in [5.41, 5.74) is 5.90. The van der Waals surface area contributed by atoms with Crippen LogP contribution in [0.5, 0.6) is 11.5 Å². The zero-order chi connectivity index (χ0) is 13.3. The number of para-hydroxylation sites is 1. The summed E-state index contributed by atoms with van der Waals surface area (Å²) in [5, 5.41) is 0.217. The molecule has 0 amide bonds. The number of rotatable bonds is 2. The highest BCUT2D eigenvalue weighted by molar-refractivity contribution is 9.10. The number of benzene rings is 2. The van der Waals surface area contributed by atoms with E-state index in [1.165, 1.54) is 6.07 Å². The number of ether oxygens (including phenoxy) is 1. The van der Waals surface area contributed by atoms with Crippen LogP contribution in [0.15, 0.2) is 34.8 Å². The molecule has 94 valence electrons. The van der Waals surface area contributed by atoms with Crippen molar-refractivity contribution in [2.45, 2.75) is 0 Å². The molecule has 0 saturated carbocycles. The molecule has 2 rings (SSSR count). The van der Waals surface area contributed by atoms with Crippen LogP contribution < -0.4 is 10.5 Å². The van der Waals surface area contributed by atoms with Gasteiger partial charge in [0, 0.05) is 4.47 Å². The van der Waals surface area contributed by atoms with Gasteiger partial charge in [0.25, 0.3) is 0 Å². The van der Waals surface area contributed by atoms with Gasteiger partial charge in [-0.3, -0.25) is 0 Å². The van der Waals surface area contributed by atoms with E-state index in [1.54, 1.807) is 18.2 Å². The number of halogens is 4. The molecule has 0 atom stereocenters. The Hall–Kier alpha value is -1.33. The highest BCUT2D eigenvalue weighted by Gasteiger charge is 2.15. The standard InChI is InChI=1S/C12H7BrClF2NO/c13-6-4-8(15)11(16)10(5-6)18-12-7(14)2-1-3-9(12)17/h1-5H,17H2. The van der Waals surface area contributed by atoms with Crippen LogP contribution in [0.4, 0.5) is 14.5 Å². The minimum atomic E-state index is -1.10. The molecule has 0 fully saturated rings. The van der Waals surface area contributed by atoms with Gasteiger partial charge in [0.1, 0.15) is 0 Å². The monoisotopic (exact) mass is 333 g/mol. The van der Waals surface area contributed by atoms with Crippen molar-refractivity contribution in [3.05, 3.63) is 51.5 Å². The van der Waals surface area contributed by atoms with Crippen molar-refractivity contribution < 1.29 is 13.5 Å². The smallest absolute Gasteiger partial charge is 0.201 e. The molecule has 2 aromatic carbocycles. The van der Waals surface area contributed by atoms with Gasteiger partial charge in [0.05, 0.1) is 10.7 Å². The lowest BCUT2D eigenvalue weighted by Crippen LogP contribution is -1.96. The lowest BCUT2D eigenvalue weighted by atomic mass is 10.3. The van der Waals surface area contributed by atoms with Crippen molar-refractivity contribution in [2.24, 2.45) is 0 Å². The SMILES string of the molecule is Nc1cccc(Cl)c1Oc1cc(Br)cc(F)c1F. The van der Waals surface area contributed by atoms with E-state index in [0.29, 0.717) is 4.47 Å². The molecule has 2 N–H and O–H groups in total. The number of hydrogen-bond donors (Lipinski definition) is 1. The summed E-state index contributed by atoms with van der Waals surface area (Å²) < 4.78 is 32.3. The first-order chi connectivity index (χ1) is 8.49. The third-order valence-corrected chi connectivity index (χ3v) is 2.92. The number of nitrogens with two attached hydrogens (primary N) is 1. The highest BCUT2D eigenvalue weighted by Crippen LogP contribution is 2.37. The Balaban J connectivity index is 2.46. The van der Waals surface area contributed by atoms with Crippen LogP contribution in [0.1, 0.15) is 0 Å². The quantitative estimate of drug-likeness (QED) is 0.635. The van der Waals surface area contributed by atoms with E-state index in [0.717, 1.165) is 6.07 Å². The predicted molar refractivity (Wildman–Crippen MR) is 70.0 cm³/mol. The minimum Gasteiger partial charge on any atom is -0.450 e. The van der Waals surface area contributed by atoms with Crippen LogP contribution >= 0.6 is 27.5 Å². The first kappa shape index (κ1) is 13.1. The Labute approximate surface area is 115 Å². The molecule has 0 aliphatic rings. The van der Waals surface area contributed by atoms with Crippen molar-refractivity contribution >= 4 is 33.2 Å². The molecule has 18 heavy (non-hydrogen) atoms. The predicted octanol–water partition coefficient (Wildman–Crippen LogP) is 4.76. The van der Waals surface area contributed by atoms with Crippen molar-refractivity contribution in [3.63, 3.8) is 0 Å². The summed E-state index contributed by atoms with van der Waals surface area (Å²) in [6, 6.07) is 7.01. The van der Waals surface area contributed by atoms with Gasteiger partial charge in [0.15, 0.2) is 17.3 Å². The van der Waals surface area contributed by atoms with Crippen molar-refractivity contribution in [3.8, 4) is 11.5 Å². The minimum absolute atomic E-state index is 0.0931. The summed E-state index contributed by atoms with van der Waals surface area (Å²) >= 11 is 8.93. The lowest BCUT2D eigenvalue weighted by Gasteiger charge is -2.11. The van der Waals surface area contributed by atoms with Crippen molar-refractivity contribution in [1.82, 2.24) is 0 Å². The molecule has 0 aliphatic heterocycles. The first-order valence-electron chi connectivity index (χ1n) is 4.85. The summed E-state index contributed by atoms with van der Waals surface area (Å²) in [7, 11) is 0. The van der Waals surface area contributed by atoms with Gasteiger partial charge in [-0.25, -0.2) is 4.39 Å². The van der Waals surface area contributed by atoms with Gasteiger partial charge in [-0.1, -0.05) is 33.6 Å². The van der Waals surface area contributed by atoms with Crippen molar-refractivity contribution in [1.29, 1.82) is 0 Å². The van der Waals surface area contributed by atoms with E-state index >= 15 is 0 Å². The van der Waals surface area contributed by atoms with Crippen LogP contribution in [0.25, 0.3) is 0 Å². The van der Waals surface area contributed by atoms with Gasteiger partial charge in [-0.05, 0) is 24.3 Å². The average molecular weight is 335 g/mol. The Morgan fingerprint density at radius 3 is 2.61 bits per heavy atom. The number of hydrogen-bond acceptors (Lipinski definition) is 2. The topological polar surface area (TPSA) is 35.2 Å². The lowest BCUT2D eigenvalue weighted by molar-refractivity contribution is 0.417. The molecule has 0 spiro atoms. The number of anilines is 1. The largest absolute Gasteiger partial charge is 0.450 e. The molecule has 6 heteroatoms. The Bertz CT molecular complexity index is 587. The Morgan fingerprint density at radius 2 is 1.94 bits per heavy atom. The highest BCUT2D eigenvalue weighted by atomic mass is 79.9. The van der Waals surface area contributed by atoms with E-state index in [2.05, 4.69) is 15.9 Å². The summed E-state index contributed by atoms with van der Waals surface area (Å²) in [4.78, 5) is 0. The fraction of sp³-hybridized carbons (Fsp3) is 0. The molecular weight excluding hydrogens is 327 g/mol. The van der Waals surface area contributed by atoms with E-state index in [9.17, 15) is 8.78 Å². The molecule has 0 bridgehead atoms. The second-order valence-corrected chi connectivity index (χ2v) is 4.78. The van der Waals surface area contributed by atoms with Crippen LogP contribution in [-0.2, 0) is 0 Å². The second kappa shape index (κ2) is 5.12. The zero-order valence-electron chi connectivity index (χ0n) is 8.88. The van der Waals surface area contributed by atoms with E-state index in [4.69, 9.17) is 22.1 Å². The molecule has 0 saturated heterocycles. The zero-order valence-corrected chi connectivity index (χ0v) is 11.2. The first-order valence-corrected chi connectivity index (χ1v) is 6.02. The van der Waals surface area contributed by atoms with Gasteiger partial charge in [0.2, 0.25) is 5.82 Å². The fourth-order valence-electron chi connectivity index (χ4n) is 1.35. The van der Waals surface area contributed by atoms with Crippen LogP contribution in [0.2, 0.25) is 5.02 Å². The molecule has 0 aliphatic carbocycles. The molecule has 2 nitrogen and oxygen atoms in total. The van der Waals surface area contributed by atoms with E-state index in [1.807, 2.05) is 0 Å². The average Bonchev–Trinajstić information content (AvgIpc) is 2.30. The molecule has 0 unspecified atom stereocenters.